The molecule has 3 aromatic heterocycles. The van der Waals surface area contributed by atoms with Gasteiger partial charge >= 0.3 is 0 Å². The highest BCUT2D eigenvalue weighted by molar-refractivity contribution is 7.93. The minimum absolute atomic E-state index is 0.0496. The number of sulfonamides is 1. The molecule has 0 saturated carbocycles. The summed E-state index contributed by atoms with van der Waals surface area (Å²) in [5, 5.41) is 6.27. The van der Waals surface area contributed by atoms with Gasteiger partial charge in [0.1, 0.15) is 10.6 Å². The molecule has 0 bridgehead atoms. The first-order valence-electron chi connectivity index (χ1n) is 7.84. The van der Waals surface area contributed by atoms with E-state index in [-0.39, 0.29) is 14.9 Å². The number of hydrogen-bond acceptors (Lipinski definition) is 8. The molecule has 1 N–H and O–H groups in total. The first-order valence-corrected chi connectivity index (χ1v) is 12.9. The number of aromatic nitrogens is 3. The van der Waals surface area contributed by atoms with E-state index in [0.29, 0.717) is 15.9 Å². The molecule has 12 heteroatoms. The minimum Gasteiger partial charge on any atom is -0.274 e. The van der Waals surface area contributed by atoms with E-state index < -0.39 is 19.9 Å². The molecule has 4 rings (SSSR count). The monoisotopic (exact) mass is 454 g/mol. The number of sulfone groups is 1. The van der Waals surface area contributed by atoms with Crippen molar-refractivity contribution in [3.05, 3.63) is 41.9 Å². The van der Waals surface area contributed by atoms with Crippen molar-refractivity contribution in [3.63, 3.8) is 0 Å². The van der Waals surface area contributed by atoms with Crippen molar-refractivity contribution in [2.75, 3.05) is 11.0 Å². The van der Waals surface area contributed by atoms with Crippen molar-refractivity contribution >= 4 is 57.9 Å². The third kappa shape index (κ3) is 3.55. The Morgan fingerprint density at radius 3 is 2.61 bits per heavy atom. The topological polar surface area (TPSA) is 111 Å². The van der Waals surface area contributed by atoms with Crippen molar-refractivity contribution in [1.82, 2.24) is 14.8 Å². The van der Waals surface area contributed by atoms with Crippen molar-refractivity contribution in [1.29, 1.82) is 0 Å². The van der Waals surface area contributed by atoms with Crippen LogP contribution < -0.4 is 4.72 Å². The van der Waals surface area contributed by atoms with Crippen molar-refractivity contribution in [3.8, 4) is 10.6 Å². The van der Waals surface area contributed by atoms with Gasteiger partial charge < -0.3 is 0 Å². The summed E-state index contributed by atoms with van der Waals surface area (Å²) in [4.78, 5) is 5.20. The Labute approximate surface area is 169 Å². The number of aryl methyl sites for hydroxylation is 1. The highest BCUT2D eigenvalue weighted by Crippen LogP contribution is 2.33. The number of nitrogens with one attached hydrogen (secondary N) is 1. The number of thiazole rings is 1. The zero-order valence-corrected chi connectivity index (χ0v) is 17.9. The van der Waals surface area contributed by atoms with Crippen LogP contribution in [-0.4, -0.2) is 37.9 Å². The van der Waals surface area contributed by atoms with E-state index in [4.69, 9.17) is 0 Å². The van der Waals surface area contributed by atoms with E-state index >= 15 is 0 Å². The van der Waals surface area contributed by atoms with E-state index in [2.05, 4.69) is 14.8 Å². The lowest BCUT2D eigenvalue weighted by atomic mass is 10.3. The molecular weight excluding hydrogens is 440 g/mol. The number of nitrogens with zero attached hydrogens (tertiary/aromatic N) is 3. The highest BCUT2D eigenvalue weighted by Gasteiger charge is 2.25. The van der Waals surface area contributed by atoms with Crippen LogP contribution in [0.3, 0.4) is 0 Å². The molecule has 0 fully saturated rings. The molecule has 0 radical (unpaired) electrons. The average molecular weight is 455 g/mol. The molecule has 0 atom stereocenters. The molecule has 4 aromatic rings. The summed E-state index contributed by atoms with van der Waals surface area (Å²) >= 11 is 2.46. The van der Waals surface area contributed by atoms with E-state index in [0.717, 1.165) is 22.5 Å². The lowest BCUT2D eigenvalue weighted by Crippen LogP contribution is -2.13. The van der Waals surface area contributed by atoms with Gasteiger partial charge in [0.05, 0.1) is 20.0 Å². The number of anilines is 1. The maximum absolute atomic E-state index is 12.9. The van der Waals surface area contributed by atoms with Crippen LogP contribution in [0.15, 0.2) is 51.7 Å². The highest BCUT2D eigenvalue weighted by atomic mass is 32.2. The van der Waals surface area contributed by atoms with Gasteiger partial charge in [-0.1, -0.05) is 17.4 Å². The largest absolute Gasteiger partial charge is 0.274 e. The summed E-state index contributed by atoms with van der Waals surface area (Å²) in [7, 11) is -5.64. The molecule has 146 valence electrons. The fourth-order valence-corrected chi connectivity index (χ4v) is 6.44. The van der Waals surface area contributed by atoms with E-state index in [1.165, 1.54) is 34.3 Å². The van der Waals surface area contributed by atoms with Crippen molar-refractivity contribution in [2.24, 2.45) is 7.05 Å². The second kappa shape index (κ2) is 6.65. The van der Waals surface area contributed by atoms with Gasteiger partial charge in [-0.3, -0.25) is 9.40 Å². The van der Waals surface area contributed by atoms with Crippen LogP contribution in [0.4, 0.5) is 5.13 Å². The van der Waals surface area contributed by atoms with Gasteiger partial charge in [0.15, 0.2) is 15.0 Å². The standard InChI is InChI=1S/C16H14N4O4S4/c1-20-9-14(15(18-20)12-4-3-7-25-12)28(23,24)19-16-17-11-6-5-10(27(2,21)22)8-13(11)26-16/h3-9H,1-2H3,(H,17,19). The Morgan fingerprint density at radius 2 is 1.93 bits per heavy atom. The number of rotatable bonds is 5. The van der Waals surface area contributed by atoms with Crippen molar-refractivity contribution < 1.29 is 16.8 Å². The molecule has 0 aliphatic heterocycles. The summed E-state index contributed by atoms with van der Waals surface area (Å²) in [5.41, 5.74) is 0.880. The van der Waals surface area contributed by atoms with Gasteiger partial charge in [-0.15, -0.1) is 11.3 Å². The molecule has 0 amide bonds. The predicted octanol–water partition coefficient (Wildman–Crippen LogP) is 2.96. The number of thiophene rings is 1. The molecule has 0 spiro atoms. The first kappa shape index (κ1) is 19.1. The Balaban J connectivity index is 1.73. The zero-order chi connectivity index (χ0) is 20.1. The summed E-state index contributed by atoms with van der Waals surface area (Å²) < 4.78 is 53.8. The maximum Gasteiger partial charge on any atom is 0.267 e. The minimum atomic E-state index is -3.93. The van der Waals surface area contributed by atoms with Crippen LogP contribution in [0.25, 0.3) is 20.8 Å². The van der Waals surface area contributed by atoms with Crippen LogP contribution >= 0.6 is 22.7 Å². The van der Waals surface area contributed by atoms with Crippen LogP contribution in [0, 0.1) is 0 Å². The average Bonchev–Trinajstić information content (AvgIpc) is 3.30. The molecule has 8 nitrogen and oxygen atoms in total. The Kier molecular flexibility index (Phi) is 4.53. The summed E-state index contributed by atoms with van der Waals surface area (Å²) in [5.74, 6) is 0. The number of benzene rings is 1. The fourth-order valence-electron chi connectivity index (χ4n) is 2.60. The Hall–Kier alpha value is -2.28. The predicted molar refractivity (Wildman–Crippen MR) is 110 cm³/mol. The van der Waals surface area contributed by atoms with E-state index in [9.17, 15) is 16.8 Å². The Morgan fingerprint density at radius 1 is 1.14 bits per heavy atom. The summed E-state index contributed by atoms with van der Waals surface area (Å²) in [6.07, 6.45) is 2.56. The number of hydrogen-bond donors (Lipinski definition) is 1. The first-order chi connectivity index (χ1) is 13.1. The molecule has 3 heterocycles. The van der Waals surface area contributed by atoms with Gasteiger partial charge in [-0.05, 0) is 29.6 Å². The van der Waals surface area contributed by atoms with Crippen LogP contribution in [0.5, 0.6) is 0 Å². The maximum atomic E-state index is 12.9. The van der Waals surface area contributed by atoms with Crippen molar-refractivity contribution in [2.45, 2.75) is 9.79 Å². The van der Waals surface area contributed by atoms with Crippen LogP contribution in [-0.2, 0) is 26.9 Å². The van der Waals surface area contributed by atoms with Gasteiger partial charge in [-0.2, -0.15) is 5.10 Å². The smallest absolute Gasteiger partial charge is 0.267 e. The van der Waals surface area contributed by atoms with Gasteiger partial charge in [-0.25, -0.2) is 21.8 Å². The summed E-state index contributed by atoms with van der Waals surface area (Å²) in [6, 6.07) is 8.12. The third-order valence-electron chi connectivity index (χ3n) is 3.85. The Bertz CT molecular complexity index is 1380. The molecule has 28 heavy (non-hydrogen) atoms. The molecule has 0 aliphatic rings. The normalized spacial score (nSPS) is 12.5. The third-order valence-corrected chi connectivity index (χ3v) is 8.24. The van der Waals surface area contributed by atoms with Gasteiger partial charge in [0, 0.05) is 19.5 Å². The molecule has 1 aromatic carbocycles. The summed E-state index contributed by atoms with van der Waals surface area (Å²) in [6.45, 7) is 0. The number of fused-ring (bicyclic) bond motifs is 1. The fraction of sp³-hybridized carbons (Fsp3) is 0.125. The van der Waals surface area contributed by atoms with Gasteiger partial charge in [0.2, 0.25) is 0 Å². The van der Waals surface area contributed by atoms with E-state index in [1.54, 1.807) is 19.2 Å². The quantitative estimate of drug-likeness (QED) is 0.496. The lowest BCUT2D eigenvalue weighted by Gasteiger charge is -2.04. The molecule has 0 unspecified atom stereocenters. The molecule has 0 aliphatic carbocycles. The van der Waals surface area contributed by atoms with Gasteiger partial charge in [0.25, 0.3) is 10.0 Å². The van der Waals surface area contributed by atoms with Crippen LogP contribution in [0.2, 0.25) is 0 Å². The van der Waals surface area contributed by atoms with E-state index in [1.807, 2.05) is 11.4 Å². The zero-order valence-electron chi connectivity index (χ0n) is 14.6. The lowest BCUT2D eigenvalue weighted by molar-refractivity contribution is 0.600. The second-order valence-corrected chi connectivity index (χ2v) is 11.7. The second-order valence-electron chi connectivity index (χ2n) is 6.02. The molecule has 0 saturated heterocycles. The molecular formula is C16H14N4O4S4. The van der Waals surface area contributed by atoms with Crippen LogP contribution in [0.1, 0.15) is 0 Å². The SMILES string of the molecule is Cn1cc(S(=O)(=O)Nc2nc3ccc(S(C)(=O)=O)cc3s2)c(-c2cccs2)n1.